The van der Waals surface area contributed by atoms with Crippen LogP contribution in [-0.2, 0) is 9.53 Å². The molecule has 2 aromatic carbocycles. The zero-order valence-electron chi connectivity index (χ0n) is 16.4. The van der Waals surface area contributed by atoms with E-state index < -0.39 is 12.0 Å². The van der Waals surface area contributed by atoms with Crippen molar-refractivity contribution in [3.63, 3.8) is 0 Å². The van der Waals surface area contributed by atoms with E-state index in [0.29, 0.717) is 22.8 Å². The zero-order chi connectivity index (χ0) is 20.8. The highest BCUT2D eigenvalue weighted by Crippen LogP contribution is 2.27. The van der Waals surface area contributed by atoms with Crippen molar-refractivity contribution in [2.45, 2.75) is 25.9 Å². The normalized spacial score (nSPS) is 17.3. The maximum absolute atomic E-state index is 12.8. The maximum Gasteiger partial charge on any atom is 0.338 e. The fraction of sp³-hybridized carbons (Fsp3) is 0.273. The van der Waals surface area contributed by atoms with Crippen LogP contribution in [0.25, 0.3) is 0 Å². The van der Waals surface area contributed by atoms with Crippen LogP contribution >= 0.6 is 11.6 Å². The van der Waals surface area contributed by atoms with Gasteiger partial charge in [-0.05, 0) is 31.5 Å². The van der Waals surface area contributed by atoms with Crippen LogP contribution in [0.2, 0.25) is 5.02 Å². The van der Waals surface area contributed by atoms with Gasteiger partial charge in [0.2, 0.25) is 0 Å². The maximum atomic E-state index is 12.8. The predicted octanol–water partition coefficient (Wildman–Crippen LogP) is 2.84. The van der Waals surface area contributed by atoms with E-state index >= 15 is 0 Å². The van der Waals surface area contributed by atoms with Gasteiger partial charge in [-0.25, -0.2) is 9.59 Å². The Kier molecular flexibility index (Phi) is 6.90. The highest BCUT2D eigenvalue weighted by molar-refractivity contribution is 6.30. The van der Waals surface area contributed by atoms with E-state index in [1.165, 1.54) is 0 Å². The number of nitrogens with two attached hydrogens (primary N) is 1. The van der Waals surface area contributed by atoms with Gasteiger partial charge in [0, 0.05) is 10.6 Å². The molecule has 0 aromatic heterocycles. The van der Waals surface area contributed by atoms with Crippen molar-refractivity contribution >= 4 is 23.6 Å². The Balaban J connectivity index is 1.88. The Morgan fingerprint density at radius 1 is 1.17 bits per heavy atom. The minimum absolute atomic E-state index is 0.116. The summed E-state index contributed by atoms with van der Waals surface area (Å²) in [5, 5.41) is 8.38. The first-order chi connectivity index (χ1) is 14.0. The second kappa shape index (κ2) is 9.58. The Labute approximate surface area is 175 Å². The van der Waals surface area contributed by atoms with Gasteiger partial charge in [0.1, 0.15) is 12.6 Å². The summed E-state index contributed by atoms with van der Waals surface area (Å²) in [7, 11) is 0. The number of rotatable bonds is 7. The highest BCUT2D eigenvalue weighted by atomic mass is 35.5. The largest absolute Gasteiger partial charge is 0.463 e. The summed E-state index contributed by atoms with van der Waals surface area (Å²) in [6.45, 7) is 4.51. The van der Waals surface area contributed by atoms with Gasteiger partial charge in [-0.1, -0.05) is 54.1 Å². The first kappa shape index (κ1) is 20.9. The predicted molar refractivity (Wildman–Crippen MR) is 111 cm³/mol. The summed E-state index contributed by atoms with van der Waals surface area (Å²) in [5.41, 5.74) is 2.92. The molecule has 1 aliphatic heterocycles. The number of esters is 1. The number of benzene rings is 2. The number of amides is 2. The zero-order valence-corrected chi connectivity index (χ0v) is 17.2. The minimum Gasteiger partial charge on any atom is -0.463 e. The third-order valence-corrected chi connectivity index (χ3v) is 5.11. The van der Waals surface area contributed by atoms with Crippen LogP contribution in [0.15, 0.2) is 65.9 Å². The van der Waals surface area contributed by atoms with Crippen LogP contribution in [0.3, 0.4) is 0 Å². The average Bonchev–Trinajstić information content (AvgIpc) is 2.72. The third kappa shape index (κ3) is 5.16. The van der Waals surface area contributed by atoms with E-state index in [-0.39, 0.29) is 18.7 Å². The topological polar surface area (TPSA) is 84.0 Å². The third-order valence-electron chi connectivity index (χ3n) is 4.85. The monoisotopic (exact) mass is 414 g/mol. The molecule has 1 heterocycles. The van der Waals surface area contributed by atoms with Gasteiger partial charge in [-0.3, -0.25) is 0 Å². The highest BCUT2D eigenvalue weighted by Gasteiger charge is 2.34. The van der Waals surface area contributed by atoms with E-state index in [2.05, 4.69) is 22.9 Å². The summed E-state index contributed by atoms with van der Waals surface area (Å²) >= 11 is 5.97. The molecule has 0 spiro atoms. The summed E-state index contributed by atoms with van der Waals surface area (Å²) in [5.74, 6) is -0.434. The molecule has 7 heteroatoms. The average molecular weight is 415 g/mol. The molecular weight excluding hydrogens is 390 g/mol. The molecule has 0 bridgehead atoms. The molecular formula is C22H25ClN3O3+. The van der Waals surface area contributed by atoms with Crippen LogP contribution in [0, 0.1) is 0 Å². The van der Waals surface area contributed by atoms with Crippen molar-refractivity contribution in [3.05, 3.63) is 82.0 Å². The van der Waals surface area contributed by atoms with E-state index in [1.54, 1.807) is 6.92 Å². The molecule has 0 fully saturated rings. The molecule has 0 unspecified atom stereocenters. The molecule has 2 aromatic rings. The number of hydrogen-bond donors (Lipinski definition) is 3. The lowest BCUT2D eigenvalue weighted by molar-refractivity contribution is -0.686. The number of ether oxygens (including phenoxy) is 1. The first-order valence-electron chi connectivity index (χ1n) is 9.61. The van der Waals surface area contributed by atoms with Crippen molar-refractivity contribution in [3.8, 4) is 0 Å². The fourth-order valence-corrected chi connectivity index (χ4v) is 3.45. The van der Waals surface area contributed by atoms with Gasteiger partial charge in [-0.15, -0.1) is 0 Å². The molecule has 0 aliphatic carbocycles. The van der Waals surface area contributed by atoms with Gasteiger partial charge in [0.25, 0.3) is 0 Å². The van der Waals surface area contributed by atoms with Crippen LogP contribution in [-0.4, -0.2) is 25.2 Å². The summed E-state index contributed by atoms with van der Waals surface area (Å²) in [6.07, 6.45) is 0. The molecule has 1 aliphatic rings. The lowest BCUT2D eigenvalue weighted by Crippen LogP contribution is -2.86. The molecule has 4 N–H and O–H groups in total. The molecule has 2 amide bonds. The van der Waals surface area contributed by atoms with E-state index in [1.807, 2.05) is 54.6 Å². The van der Waals surface area contributed by atoms with Gasteiger partial charge in [-0.2, -0.15) is 0 Å². The van der Waals surface area contributed by atoms with E-state index in [4.69, 9.17) is 16.3 Å². The first-order valence-corrected chi connectivity index (χ1v) is 9.98. The molecule has 2 atom stereocenters. The number of nitrogens with one attached hydrogen (secondary N) is 2. The molecule has 6 nitrogen and oxygen atoms in total. The number of carbonyl (C=O) groups is 2. The molecule has 0 radical (unpaired) electrons. The summed E-state index contributed by atoms with van der Waals surface area (Å²) < 4.78 is 5.29. The van der Waals surface area contributed by atoms with Crippen molar-refractivity contribution in [2.24, 2.45) is 0 Å². The summed E-state index contributed by atoms with van der Waals surface area (Å²) in [6, 6.07) is 16.3. The SMILES string of the molecule is CCOC(=O)C1=C(C[NH2+][C@@H](C)c2ccc(Cl)cc2)NC(=O)N[C@H]1c1ccccc1. The van der Waals surface area contributed by atoms with Crippen LogP contribution < -0.4 is 16.0 Å². The number of hydrogen-bond acceptors (Lipinski definition) is 3. The fourth-order valence-electron chi connectivity index (χ4n) is 3.32. The van der Waals surface area contributed by atoms with Crippen molar-refractivity contribution in [2.75, 3.05) is 13.2 Å². The molecule has 0 saturated heterocycles. The lowest BCUT2D eigenvalue weighted by atomic mass is 9.95. The number of urea groups is 1. The van der Waals surface area contributed by atoms with E-state index in [0.717, 1.165) is 11.1 Å². The summed E-state index contributed by atoms with van der Waals surface area (Å²) in [4.78, 5) is 25.0. The van der Waals surface area contributed by atoms with Crippen molar-refractivity contribution in [1.29, 1.82) is 0 Å². The number of halogens is 1. The molecule has 152 valence electrons. The molecule has 29 heavy (non-hydrogen) atoms. The second-order valence-electron chi connectivity index (χ2n) is 6.83. The Bertz CT molecular complexity index is 897. The van der Waals surface area contributed by atoms with Crippen LogP contribution in [0.4, 0.5) is 4.79 Å². The van der Waals surface area contributed by atoms with Gasteiger partial charge in [0.05, 0.1) is 23.9 Å². The number of quaternary nitrogens is 1. The number of carbonyl (C=O) groups excluding carboxylic acids is 2. The van der Waals surface area contributed by atoms with Gasteiger partial charge < -0.3 is 20.7 Å². The van der Waals surface area contributed by atoms with Crippen LogP contribution in [0.5, 0.6) is 0 Å². The molecule has 0 saturated carbocycles. The van der Waals surface area contributed by atoms with Gasteiger partial charge >= 0.3 is 12.0 Å². The lowest BCUT2D eigenvalue weighted by Gasteiger charge is -2.29. The minimum atomic E-state index is -0.557. The molecule has 3 rings (SSSR count). The quantitative estimate of drug-likeness (QED) is 0.609. The van der Waals surface area contributed by atoms with Crippen molar-refractivity contribution in [1.82, 2.24) is 10.6 Å². The second-order valence-corrected chi connectivity index (χ2v) is 7.27. The van der Waals surface area contributed by atoms with Crippen molar-refractivity contribution < 1.29 is 19.6 Å². The van der Waals surface area contributed by atoms with E-state index in [9.17, 15) is 9.59 Å². The van der Waals surface area contributed by atoms with Gasteiger partial charge in [0.15, 0.2) is 0 Å². The standard InChI is InChI=1S/C22H24ClN3O3/c1-3-29-21(27)19-18(13-24-14(2)15-9-11-17(23)12-10-15)25-22(28)26-20(19)16-7-5-4-6-8-16/h4-12,14,20,24H,3,13H2,1-2H3,(H2,25,26,28)/p+1/t14-,20-/m0/s1. The Morgan fingerprint density at radius 2 is 1.86 bits per heavy atom. The Morgan fingerprint density at radius 3 is 2.52 bits per heavy atom. The van der Waals surface area contributed by atoms with Crippen LogP contribution in [0.1, 0.15) is 37.1 Å². The smallest absolute Gasteiger partial charge is 0.338 e. The Hall–Kier alpha value is -2.83.